The summed E-state index contributed by atoms with van der Waals surface area (Å²) in [6, 6.07) is 4.77. The molecule has 72 valence electrons. The number of carbonyl (C=O) groups is 1. The van der Waals surface area contributed by atoms with E-state index in [1.54, 1.807) is 12.3 Å². The lowest BCUT2D eigenvalue weighted by Crippen LogP contribution is -1.94. The number of furan rings is 1. The highest BCUT2D eigenvalue weighted by Gasteiger charge is 2.10. The predicted octanol–water partition coefficient (Wildman–Crippen LogP) is 1.47. The van der Waals surface area contributed by atoms with Gasteiger partial charge in [0, 0.05) is 12.3 Å². The van der Waals surface area contributed by atoms with Crippen LogP contribution in [0.2, 0.25) is 0 Å². The van der Waals surface area contributed by atoms with Crippen LogP contribution in [0, 0.1) is 6.92 Å². The Kier molecular flexibility index (Phi) is 1.85. The minimum Gasteiger partial charge on any atom is -0.475 e. The molecule has 0 spiro atoms. The Morgan fingerprint density at radius 1 is 1.50 bits per heavy atom. The van der Waals surface area contributed by atoms with Crippen LogP contribution >= 0.6 is 0 Å². The number of rotatable bonds is 2. The van der Waals surface area contributed by atoms with Crippen molar-refractivity contribution in [3.63, 3.8) is 0 Å². The summed E-state index contributed by atoms with van der Waals surface area (Å²) in [5.41, 5.74) is 0.846. The van der Waals surface area contributed by atoms with Crippen LogP contribution in [0.15, 0.2) is 28.8 Å². The summed E-state index contributed by atoms with van der Waals surface area (Å²) < 4.78 is 6.53. The maximum Gasteiger partial charge on any atom is 0.371 e. The zero-order valence-electron chi connectivity index (χ0n) is 7.47. The second-order valence-electron chi connectivity index (χ2n) is 2.84. The third-order valence-corrected chi connectivity index (χ3v) is 1.75. The highest BCUT2D eigenvalue weighted by Crippen LogP contribution is 2.12. The van der Waals surface area contributed by atoms with Crippen LogP contribution in [-0.4, -0.2) is 20.9 Å². The van der Waals surface area contributed by atoms with Gasteiger partial charge in [-0.25, -0.2) is 9.48 Å². The Hall–Kier alpha value is -2.04. The van der Waals surface area contributed by atoms with Gasteiger partial charge >= 0.3 is 5.97 Å². The van der Waals surface area contributed by atoms with Crippen molar-refractivity contribution in [3.05, 3.63) is 35.9 Å². The molecule has 0 amide bonds. The average molecular weight is 192 g/mol. The van der Waals surface area contributed by atoms with Crippen LogP contribution in [0.1, 0.15) is 16.2 Å². The summed E-state index contributed by atoms with van der Waals surface area (Å²) in [6.07, 6.45) is 1.71. The molecule has 14 heavy (non-hydrogen) atoms. The van der Waals surface area contributed by atoms with Crippen molar-refractivity contribution in [1.82, 2.24) is 9.78 Å². The number of carboxylic acids is 1. The molecule has 0 fully saturated rings. The number of nitrogens with zero attached hydrogens (tertiary/aromatic N) is 2. The molecular formula is C9H8N2O3. The molecule has 5 heteroatoms. The van der Waals surface area contributed by atoms with Crippen molar-refractivity contribution in [3.8, 4) is 5.88 Å². The molecule has 0 saturated heterocycles. The Labute approximate surface area is 79.6 Å². The van der Waals surface area contributed by atoms with E-state index in [1.807, 2.05) is 13.0 Å². The fraction of sp³-hybridized carbons (Fsp3) is 0.111. The molecular weight excluding hydrogens is 184 g/mol. The fourth-order valence-corrected chi connectivity index (χ4v) is 1.10. The van der Waals surface area contributed by atoms with Gasteiger partial charge in [-0.2, -0.15) is 5.10 Å². The lowest BCUT2D eigenvalue weighted by molar-refractivity contribution is 0.0662. The second-order valence-corrected chi connectivity index (χ2v) is 2.84. The fourth-order valence-electron chi connectivity index (χ4n) is 1.10. The van der Waals surface area contributed by atoms with Crippen molar-refractivity contribution in [2.24, 2.45) is 0 Å². The molecule has 0 atom stereocenters. The first-order valence-electron chi connectivity index (χ1n) is 4.02. The van der Waals surface area contributed by atoms with Crippen LogP contribution in [0.4, 0.5) is 0 Å². The summed E-state index contributed by atoms with van der Waals surface area (Å²) in [5, 5.41) is 12.7. The van der Waals surface area contributed by atoms with E-state index in [0.717, 1.165) is 5.69 Å². The number of carboxylic acid groups (broad SMARTS) is 1. The molecule has 0 aromatic carbocycles. The molecule has 0 saturated carbocycles. The number of aromatic nitrogens is 2. The van der Waals surface area contributed by atoms with Gasteiger partial charge in [-0.05, 0) is 19.1 Å². The number of aromatic carboxylic acids is 1. The molecule has 0 aliphatic heterocycles. The number of hydrogen-bond acceptors (Lipinski definition) is 3. The van der Waals surface area contributed by atoms with Gasteiger partial charge in [0.2, 0.25) is 11.6 Å². The first-order chi connectivity index (χ1) is 6.66. The van der Waals surface area contributed by atoms with Gasteiger partial charge in [0.25, 0.3) is 0 Å². The van der Waals surface area contributed by atoms with E-state index in [4.69, 9.17) is 9.52 Å². The Balaban J connectivity index is 2.38. The van der Waals surface area contributed by atoms with Crippen molar-refractivity contribution in [1.29, 1.82) is 0 Å². The zero-order chi connectivity index (χ0) is 10.1. The Morgan fingerprint density at radius 2 is 2.29 bits per heavy atom. The monoisotopic (exact) mass is 192 g/mol. The minimum absolute atomic E-state index is 0.0897. The SMILES string of the molecule is Cc1ccn(-c2ccc(C(=O)O)o2)n1. The highest BCUT2D eigenvalue weighted by molar-refractivity contribution is 5.84. The van der Waals surface area contributed by atoms with Gasteiger partial charge in [-0.15, -0.1) is 0 Å². The standard InChI is InChI=1S/C9H8N2O3/c1-6-4-5-11(10-6)8-3-2-7(14-8)9(12)13/h2-5H,1H3,(H,12,13). The molecule has 0 aliphatic rings. The van der Waals surface area contributed by atoms with E-state index < -0.39 is 5.97 Å². The Morgan fingerprint density at radius 3 is 2.79 bits per heavy atom. The minimum atomic E-state index is -1.08. The third-order valence-electron chi connectivity index (χ3n) is 1.75. The van der Waals surface area contributed by atoms with E-state index in [9.17, 15) is 4.79 Å². The molecule has 2 aromatic rings. The molecule has 1 N–H and O–H groups in total. The van der Waals surface area contributed by atoms with Gasteiger partial charge in [0.15, 0.2) is 0 Å². The van der Waals surface area contributed by atoms with E-state index in [0.29, 0.717) is 5.88 Å². The second kappa shape index (κ2) is 3.02. The molecule has 5 nitrogen and oxygen atoms in total. The van der Waals surface area contributed by atoms with Gasteiger partial charge in [0.05, 0.1) is 5.69 Å². The first-order valence-corrected chi connectivity index (χ1v) is 4.02. The zero-order valence-corrected chi connectivity index (χ0v) is 7.47. The lowest BCUT2D eigenvalue weighted by atomic mass is 10.5. The average Bonchev–Trinajstić information content (AvgIpc) is 2.70. The van der Waals surface area contributed by atoms with E-state index in [2.05, 4.69) is 5.10 Å². The summed E-state index contributed by atoms with van der Waals surface area (Å²) in [7, 11) is 0. The van der Waals surface area contributed by atoms with Crippen molar-refractivity contribution < 1.29 is 14.3 Å². The van der Waals surface area contributed by atoms with Crippen LogP contribution in [0.5, 0.6) is 0 Å². The number of hydrogen-bond donors (Lipinski definition) is 1. The summed E-state index contributed by atoms with van der Waals surface area (Å²) in [6.45, 7) is 1.84. The summed E-state index contributed by atoms with van der Waals surface area (Å²) in [4.78, 5) is 10.5. The topological polar surface area (TPSA) is 68.3 Å². The quantitative estimate of drug-likeness (QED) is 0.782. The van der Waals surface area contributed by atoms with Gasteiger partial charge in [-0.1, -0.05) is 0 Å². The smallest absolute Gasteiger partial charge is 0.371 e. The molecule has 2 rings (SSSR count). The molecule has 2 heterocycles. The Bertz CT molecular complexity index is 470. The van der Waals surface area contributed by atoms with Crippen LogP contribution < -0.4 is 0 Å². The largest absolute Gasteiger partial charge is 0.475 e. The van der Waals surface area contributed by atoms with Gasteiger partial charge < -0.3 is 9.52 Å². The first kappa shape index (κ1) is 8.55. The van der Waals surface area contributed by atoms with Crippen LogP contribution in [-0.2, 0) is 0 Å². The van der Waals surface area contributed by atoms with Crippen LogP contribution in [0.25, 0.3) is 5.88 Å². The van der Waals surface area contributed by atoms with Gasteiger partial charge in [0.1, 0.15) is 0 Å². The lowest BCUT2D eigenvalue weighted by Gasteiger charge is -1.93. The maximum atomic E-state index is 10.5. The van der Waals surface area contributed by atoms with Gasteiger partial charge in [-0.3, -0.25) is 0 Å². The maximum absolute atomic E-state index is 10.5. The van der Waals surface area contributed by atoms with Crippen molar-refractivity contribution in [2.45, 2.75) is 6.92 Å². The molecule has 0 aliphatic carbocycles. The van der Waals surface area contributed by atoms with E-state index in [1.165, 1.54) is 10.7 Å². The summed E-state index contributed by atoms with van der Waals surface area (Å²) in [5.74, 6) is -0.774. The van der Waals surface area contributed by atoms with E-state index >= 15 is 0 Å². The van der Waals surface area contributed by atoms with Crippen molar-refractivity contribution >= 4 is 5.97 Å². The van der Waals surface area contributed by atoms with E-state index in [-0.39, 0.29) is 5.76 Å². The summed E-state index contributed by atoms with van der Waals surface area (Å²) >= 11 is 0. The number of aryl methyl sites for hydroxylation is 1. The normalized spacial score (nSPS) is 10.4. The highest BCUT2D eigenvalue weighted by atomic mass is 16.4. The molecule has 2 aromatic heterocycles. The van der Waals surface area contributed by atoms with Crippen molar-refractivity contribution in [2.75, 3.05) is 0 Å². The molecule has 0 radical (unpaired) electrons. The third kappa shape index (κ3) is 1.39. The predicted molar refractivity (Wildman–Crippen MR) is 47.5 cm³/mol. The van der Waals surface area contributed by atoms with Crippen LogP contribution in [0.3, 0.4) is 0 Å². The molecule has 0 bridgehead atoms. The molecule has 0 unspecified atom stereocenters.